The van der Waals surface area contributed by atoms with Gasteiger partial charge in [0.2, 0.25) is 0 Å². The number of hydrogen-bond acceptors (Lipinski definition) is 3. The predicted octanol–water partition coefficient (Wildman–Crippen LogP) is 3.58. The summed E-state index contributed by atoms with van der Waals surface area (Å²) in [6, 6.07) is 6.65. The molecule has 114 valence electrons. The highest BCUT2D eigenvalue weighted by molar-refractivity contribution is 7.71. The number of rotatable bonds is 5. The molecule has 2 heterocycles. The third-order valence-electron chi connectivity index (χ3n) is 4.28. The van der Waals surface area contributed by atoms with E-state index in [2.05, 4.69) is 27.4 Å². The molecule has 21 heavy (non-hydrogen) atoms. The van der Waals surface area contributed by atoms with Gasteiger partial charge in [0.15, 0.2) is 4.77 Å². The summed E-state index contributed by atoms with van der Waals surface area (Å²) in [6.45, 7) is 8.30. The van der Waals surface area contributed by atoms with Crippen molar-refractivity contribution in [1.82, 2.24) is 14.5 Å². The van der Waals surface area contributed by atoms with E-state index < -0.39 is 0 Å². The smallest absolute Gasteiger partial charge is 0.178 e. The maximum Gasteiger partial charge on any atom is 0.178 e. The summed E-state index contributed by atoms with van der Waals surface area (Å²) < 4.78 is 8.68. The number of likely N-dealkylation sites (tertiary alicyclic amines) is 1. The fourth-order valence-corrected chi connectivity index (χ4v) is 3.45. The van der Waals surface area contributed by atoms with Gasteiger partial charge in [0.1, 0.15) is 11.3 Å². The molecule has 1 atom stereocenters. The molecule has 1 aliphatic rings. The molecule has 3 rings (SSSR count). The number of aromatic nitrogens is 2. The van der Waals surface area contributed by atoms with Crippen molar-refractivity contribution in [3.05, 3.63) is 23.0 Å². The van der Waals surface area contributed by atoms with Crippen LogP contribution in [0.15, 0.2) is 18.2 Å². The molecule has 0 radical (unpaired) electrons. The number of fused-ring (bicyclic) bond motifs is 1. The van der Waals surface area contributed by atoms with Crippen molar-refractivity contribution in [3.8, 4) is 5.75 Å². The number of nitrogens with zero attached hydrogens (tertiary/aromatic N) is 2. The fourth-order valence-electron chi connectivity index (χ4n) is 3.17. The Bertz CT molecular complexity index is 670. The molecule has 5 heteroatoms. The number of aromatic amines is 1. The van der Waals surface area contributed by atoms with Gasteiger partial charge >= 0.3 is 0 Å². The van der Waals surface area contributed by atoms with E-state index in [1.807, 2.05) is 19.1 Å². The molecule has 1 unspecified atom stereocenters. The van der Waals surface area contributed by atoms with E-state index in [1.54, 1.807) is 0 Å². The van der Waals surface area contributed by atoms with E-state index in [0.717, 1.165) is 28.1 Å². The molecule has 1 saturated heterocycles. The molecule has 0 aliphatic carbocycles. The summed E-state index contributed by atoms with van der Waals surface area (Å²) in [6.07, 6.45) is 2.64. The van der Waals surface area contributed by atoms with Crippen LogP contribution in [0.5, 0.6) is 5.75 Å². The largest absolute Gasteiger partial charge is 0.492 e. The van der Waals surface area contributed by atoms with Crippen molar-refractivity contribution in [3.63, 3.8) is 0 Å². The van der Waals surface area contributed by atoms with Crippen LogP contribution in [0.1, 0.15) is 26.7 Å². The molecular formula is C16H23N3OS. The number of H-pyrrole nitrogens is 1. The lowest BCUT2D eigenvalue weighted by molar-refractivity contribution is 0.237. The van der Waals surface area contributed by atoms with Gasteiger partial charge < -0.3 is 14.3 Å². The highest BCUT2D eigenvalue weighted by atomic mass is 32.1. The normalized spacial score (nSPS) is 17.4. The Hall–Kier alpha value is -1.33. The molecule has 1 aromatic heterocycles. The Balaban J connectivity index is 1.93. The quantitative estimate of drug-likeness (QED) is 0.857. The first kappa shape index (κ1) is 14.6. The highest BCUT2D eigenvalue weighted by Crippen LogP contribution is 2.25. The minimum absolute atomic E-state index is 0.508. The van der Waals surface area contributed by atoms with Crippen LogP contribution in [0, 0.1) is 4.77 Å². The molecule has 1 N–H and O–H groups in total. The zero-order valence-corrected chi connectivity index (χ0v) is 13.6. The zero-order chi connectivity index (χ0) is 14.8. The predicted molar refractivity (Wildman–Crippen MR) is 88.6 cm³/mol. The highest BCUT2D eigenvalue weighted by Gasteiger charge is 2.19. The van der Waals surface area contributed by atoms with Crippen LogP contribution < -0.4 is 4.74 Å². The summed E-state index contributed by atoms with van der Waals surface area (Å²) in [7, 11) is 0. The number of para-hydroxylation sites is 1. The minimum atomic E-state index is 0.508. The molecule has 2 aromatic rings. The second kappa shape index (κ2) is 6.20. The van der Waals surface area contributed by atoms with E-state index in [-0.39, 0.29) is 0 Å². The molecular weight excluding hydrogens is 282 g/mol. The number of nitrogens with one attached hydrogen (secondary N) is 1. The van der Waals surface area contributed by atoms with E-state index in [9.17, 15) is 0 Å². The third kappa shape index (κ3) is 2.85. The number of ether oxygens (including phenoxy) is 1. The number of hydrogen-bond donors (Lipinski definition) is 1. The van der Waals surface area contributed by atoms with Crippen LogP contribution in [0.4, 0.5) is 0 Å². The van der Waals surface area contributed by atoms with Crippen molar-refractivity contribution in [1.29, 1.82) is 0 Å². The Morgan fingerprint density at radius 2 is 2.10 bits per heavy atom. The van der Waals surface area contributed by atoms with Crippen molar-refractivity contribution in [2.75, 3.05) is 19.7 Å². The van der Waals surface area contributed by atoms with Gasteiger partial charge in [-0.15, -0.1) is 0 Å². The van der Waals surface area contributed by atoms with Crippen molar-refractivity contribution in [2.24, 2.45) is 0 Å². The van der Waals surface area contributed by atoms with Crippen LogP contribution >= 0.6 is 12.2 Å². The van der Waals surface area contributed by atoms with Gasteiger partial charge in [-0.3, -0.25) is 4.90 Å². The lowest BCUT2D eigenvalue weighted by Crippen LogP contribution is -2.33. The van der Waals surface area contributed by atoms with E-state index in [1.165, 1.54) is 25.9 Å². The van der Waals surface area contributed by atoms with Crippen molar-refractivity contribution < 1.29 is 4.74 Å². The molecule has 0 amide bonds. The molecule has 1 aliphatic heterocycles. The molecule has 1 aromatic carbocycles. The molecule has 0 saturated carbocycles. The topological polar surface area (TPSA) is 33.2 Å². The van der Waals surface area contributed by atoms with Gasteiger partial charge in [0, 0.05) is 12.6 Å². The zero-order valence-electron chi connectivity index (χ0n) is 12.8. The second-order valence-corrected chi connectivity index (χ2v) is 6.10. The average Bonchev–Trinajstić information content (AvgIpc) is 3.09. The maximum absolute atomic E-state index is 5.69. The second-order valence-electron chi connectivity index (χ2n) is 5.72. The lowest BCUT2D eigenvalue weighted by Gasteiger charge is -2.24. The molecule has 0 bridgehead atoms. The monoisotopic (exact) mass is 305 g/mol. The first-order valence-corrected chi connectivity index (χ1v) is 8.20. The van der Waals surface area contributed by atoms with E-state index >= 15 is 0 Å². The van der Waals surface area contributed by atoms with Gasteiger partial charge in [-0.05, 0) is 64.1 Å². The van der Waals surface area contributed by atoms with Gasteiger partial charge in [0.05, 0.1) is 12.1 Å². The standard InChI is InChI=1S/C16H23N3OS/c1-3-20-14-8-6-7-13-15(14)17-16(21)19(13)11-12(2)18-9-4-5-10-18/h6-8,12H,3-5,9-11H2,1-2H3,(H,17,21). The molecule has 1 fully saturated rings. The van der Waals surface area contributed by atoms with Gasteiger partial charge in [-0.2, -0.15) is 0 Å². The van der Waals surface area contributed by atoms with E-state index in [0.29, 0.717) is 12.6 Å². The summed E-state index contributed by atoms with van der Waals surface area (Å²) in [5.74, 6) is 0.883. The van der Waals surface area contributed by atoms with Crippen LogP contribution in [0.3, 0.4) is 0 Å². The fraction of sp³-hybridized carbons (Fsp3) is 0.562. The SMILES string of the molecule is CCOc1cccc2c1[nH]c(=S)n2CC(C)N1CCCC1. The Morgan fingerprint density at radius 1 is 1.33 bits per heavy atom. The van der Waals surface area contributed by atoms with Crippen molar-refractivity contribution in [2.45, 2.75) is 39.3 Å². The van der Waals surface area contributed by atoms with Gasteiger partial charge in [-0.25, -0.2) is 0 Å². The summed E-state index contributed by atoms with van der Waals surface area (Å²) >= 11 is 5.52. The third-order valence-corrected chi connectivity index (χ3v) is 4.61. The number of imidazole rings is 1. The number of benzene rings is 1. The van der Waals surface area contributed by atoms with Crippen LogP contribution in [0.2, 0.25) is 0 Å². The van der Waals surface area contributed by atoms with Crippen LogP contribution in [-0.2, 0) is 6.54 Å². The van der Waals surface area contributed by atoms with Crippen molar-refractivity contribution >= 4 is 23.3 Å². The van der Waals surface area contributed by atoms with E-state index in [4.69, 9.17) is 17.0 Å². The van der Waals surface area contributed by atoms with Crippen LogP contribution in [-0.4, -0.2) is 40.2 Å². The summed E-state index contributed by atoms with van der Waals surface area (Å²) in [5.41, 5.74) is 2.15. The van der Waals surface area contributed by atoms with Gasteiger partial charge in [0.25, 0.3) is 0 Å². The Kier molecular flexibility index (Phi) is 4.31. The molecule has 0 spiro atoms. The van der Waals surface area contributed by atoms with Gasteiger partial charge in [-0.1, -0.05) is 6.07 Å². The average molecular weight is 305 g/mol. The first-order chi connectivity index (χ1) is 10.2. The first-order valence-electron chi connectivity index (χ1n) is 7.79. The summed E-state index contributed by atoms with van der Waals surface area (Å²) in [4.78, 5) is 5.86. The maximum atomic E-state index is 5.69. The lowest BCUT2D eigenvalue weighted by atomic mass is 10.2. The molecule has 4 nitrogen and oxygen atoms in total. The Morgan fingerprint density at radius 3 is 2.81 bits per heavy atom. The minimum Gasteiger partial charge on any atom is -0.492 e. The summed E-state index contributed by atoms with van der Waals surface area (Å²) in [5, 5.41) is 0. The Labute approximate surface area is 130 Å². The van der Waals surface area contributed by atoms with Crippen LogP contribution in [0.25, 0.3) is 11.0 Å².